The number of piperidine rings is 1. The third-order valence-electron chi connectivity index (χ3n) is 4.87. The van der Waals surface area contributed by atoms with Crippen molar-refractivity contribution in [2.45, 2.75) is 31.3 Å². The molecule has 25 heavy (non-hydrogen) atoms. The zero-order valence-electron chi connectivity index (χ0n) is 14.6. The first-order valence-corrected chi connectivity index (χ1v) is 8.92. The third-order valence-corrected chi connectivity index (χ3v) is 4.87. The van der Waals surface area contributed by atoms with Crippen molar-refractivity contribution in [1.29, 1.82) is 0 Å². The van der Waals surface area contributed by atoms with E-state index in [1.54, 1.807) is 0 Å². The van der Waals surface area contributed by atoms with Crippen molar-refractivity contribution >= 4 is 5.97 Å². The molecule has 1 heterocycles. The summed E-state index contributed by atoms with van der Waals surface area (Å²) in [7, 11) is 0. The summed E-state index contributed by atoms with van der Waals surface area (Å²) in [6.07, 6.45) is 2.01. The Morgan fingerprint density at radius 3 is 2.12 bits per heavy atom. The SMILES string of the molecule is NC1(C(=O)OCCc2ccccc2)CCN(Cc2ccccc2)CC1. The molecule has 0 unspecified atom stereocenters. The van der Waals surface area contributed by atoms with Crippen LogP contribution in [0.4, 0.5) is 0 Å². The van der Waals surface area contributed by atoms with Crippen LogP contribution in [0.1, 0.15) is 24.0 Å². The van der Waals surface area contributed by atoms with Crippen LogP contribution in [0.25, 0.3) is 0 Å². The first-order chi connectivity index (χ1) is 12.2. The van der Waals surface area contributed by atoms with E-state index in [0.29, 0.717) is 19.4 Å². The highest BCUT2D eigenvalue weighted by molar-refractivity contribution is 5.80. The van der Waals surface area contributed by atoms with Crippen molar-refractivity contribution in [3.05, 3.63) is 71.8 Å². The summed E-state index contributed by atoms with van der Waals surface area (Å²) >= 11 is 0. The van der Waals surface area contributed by atoms with Crippen molar-refractivity contribution in [3.8, 4) is 0 Å². The van der Waals surface area contributed by atoms with Crippen LogP contribution in [-0.4, -0.2) is 36.1 Å². The molecule has 1 aliphatic rings. The van der Waals surface area contributed by atoms with Gasteiger partial charge >= 0.3 is 5.97 Å². The van der Waals surface area contributed by atoms with E-state index >= 15 is 0 Å². The minimum atomic E-state index is -0.843. The highest BCUT2D eigenvalue weighted by Gasteiger charge is 2.38. The fourth-order valence-corrected chi connectivity index (χ4v) is 3.21. The summed E-state index contributed by atoms with van der Waals surface area (Å²) in [5.41, 5.74) is 7.95. The maximum Gasteiger partial charge on any atom is 0.326 e. The molecular formula is C21H26N2O2. The van der Waals surface area contributed by atoms with E-state index < -0.39 is 5.54 Å². The number of benzene rings is 2. The van der Waals surface area contributed by atoms with Gasteiger partial charge in [-0.25, -0.2) is 0 Å². The van der Waals surface area contributed by atoms with Crippen LogP contribution >= 0.6 is 0 Å². The van der Waals surface area contributed by atoms with Crippen LogP contribution < -0.4 is 5.73 Å². The number of esters is 1. The monoisotopic (exact) mass is 338 g/mol. The number of hydrogen-bond acceptors (Lipinski definition) is 4. The second-order valence-electron chi connectivity index (χ2n) is 6.79. The molecule has 2 aromatic carbocycles. The van der Waals surface area contributed by atoms with E-state index in [1.807, 2.05) is 36.4 Å². The van der Waals surface area contributed by atoms with E-state index in [9.17, 15) is 4.79 Å². The molecule has 0 bridgehead atoms. The highest BCUT2D eigenvalue weighted by atomic mass is 16.5. The molecule has 4 heteroatoms. The topological polar surface area (TPSA) is 55.6 Å². The molecule has 3 rings (SSSR count). The molecule has 1 saturated heterocycles. The van der Waals surface area contributed by atoms with Crippen LogP contribution in [0.2, 0.25) is 0 Å². The van der Waals surface area contributed by atoms with Crippen molar-refractivity contribution in [2.24, 2.45) is 5.73 Å². The third kappa shape index (κ3) is 4.91. The minimum absolute atomic E-state index is 0.261. The van der Waals surface area contributed by atoms with Gasteiger partial charge in [0.1, 0.15) is 5.54 Å². The lowest BCUT2D eigenvalue weighted by molar-refractivity contribution is -0.152. The number of carbonyl (C=O) groups excluding carboxylic acids is 1. The predicted octanol–water partition coefficient (Wildman–Crippen LogP) is 2.77. The number of rotatable bonds is 6. The fourth-order valence-electron chi connectivity index (χ4n) is 3.21. The molecular weight excluding hydrogens is 312 g/mol. The Morgan fingerprint density at radius 2 is 1.52 bits per heavy atom. The van der Waals surface area contributed by atoms with E-state index in [-0.39, 0.29) is 5.97 Å². The second kappa shape index (κ2) is 8.28. The van der Waals surface area contributed by atoms with Gasteiger partial charge in [-0.05, 0) is 24.0 Å². The first-order valence-electron chi connectivity index (χ1n) is 8.92. The maximum atomic E-state index is 12.4. The quantitative estimate of drug-likeness (QED) is 0.823. The lowest BCUT2D eigenvalue weighted by Crippen LogP contribution is -2.56. The van der Waals surface area contributed by atoms with Gasteiger partial charge in [0.2, 0.25) is 0 Å². The Kier molecular flexibility index (Phi) is 5.84. The second-order valence-corrected chi connectivity index (χ2v) is 6.79. The summed E-state index contributed by atoms with van der Waals surface area (Å²) in [6, 6.07) is 20.4. The normalized spacial score (nSPS) is 17.2. The largest absolute Gasteiger partial charge is 0.464 e. The fraction of sp³-hybridized carbons (Fsp3) is 0.381. The van der Waals surface area contributed by atoms with Gasteiger partial charge in [-0.1, -0.05) is 60.7 Å². The lowest BCUT2D eigenvalue weighted by Gasteiger charge is -2.37. The molecule has 0 amide bonds. The standard InChI is InChI=1S/C21H26N2O2/c22-21(20(24)25-16-11-18-7-3-1-4-8-18)12-14-23(15-13-21)17-19-9-5-2-6-10-19/h1-10H,11-17,22H2. The molecule has 0 atom stereocenters. The minimum Gasteiger partial charge on any atom is -0.464 e. The summed E-state index contributed by atoms with van der Waals surface area (Å²) in [5, 5.41) is 0. The van der Waals surface area contributed by atoms with Gasteiger partial charge < -0.3 is 10.5 Å². The molecule has 1 aliphatic heterocycles. The van der Waals surface area contributed by atoms with Crippen molar-refractivity contribution in [1.82, 2.24) is 4.90 Å². The Balaban J connectivity index is 1.44. The summed E-state index contributed by atoms with van der Waals surface area (Å²) in [5.74, 6) is -0.261. The van der Waals surface area contributed by atoms with E-state index in [4.69, 9.17) is 10.5 Å². The van der Waals surface area contributed by atoms with Crippen LogP contribution in [-0.2, 0) is 22.5 Å². The molecule has 0 aromatic heterocycles. The van der Waals surface area contributed by atoms with Gasteiger partial charge in [0.05, 0.1) is 6.61 Å². The Bertz CT molecular complexity index is 665. The van der Waals surface area contributed by atoms with Gasteiger partial charge in [0, 0.05) is 26.1 Å². The van der Waals surface area contributed by atoms with Crippen LogP contribution in [0.15, 0.2) is 60.7 Å². The zero-order valence-corrected chi connectivity index (χ0v) is 14.6. The van der Waals surface area contributed by atoms with E-state index in [0.717, 1.165) is 26.1 Å². The average Bonchev–Trinajstić information content (AvgIpc) is 2.65. The van der Waals surface area contributed by atoms with Crippen molar-refractivity contribution in [3.63, 3.8) is 0 Å². The summed E-state index contributed by atoms with van der Waals surface area (Å²) < 4.78 is 5.46. The van der Waals surface area contributed by atoms with Gasteiger partial charge in [-0.3, -0.25) is 9.69 Å². The van der Waals surface area contributed by atoms with Crippen molar-refractivity contribution in [2.75, 3.05) is 19.7 Å². The number of likely N-dealkylation sites (tertiary alicyclic amines) is 1. The summed E-state index contributed by atoms with van der Waals surface area (Å²) in [6.45, 7) is 2.92. The molecule has 2 N–H and O–H groups in total. The van der Waals surface area contributed by atoms with Gasteiger partial charge in [0.15, 0.2) is 0 Å². The number of ether oxygens (including phenoxy) is 1. The Hall–Kier alpha value is -2.17. The molecule has 132 valence electrons. The maximum absolute atomic E-state index is 12.4. The lowest BCUT2D eigenvalue weighted by atomic mass is 9.88. The molecule has 0 spiro atoms. The Labute approximate surface area is 149 Å². The molecule has 0 saturated carbocycles. The summed E-state index contributed by atoms with van der Waals surface area (Å²) in [4.78, 5) is 14.8. The van der Waals surface area contributed by atoms with Crippen molar-refractivity contribution < 1.29 is 9.53 Å². The average molecular weight is 338 g/mol. The van der Waals surface area contributed by atoms with E-state index in [2.05, 4.69) is 29.2 Å². The number of nitrogens with zero attached hydrogens (tertiary/aromatic N) is 1. The number of nitrogens with two attached hydrogens (primary N) is 1. The number of hydrogen-bond donors (Lipinski definition) is 1. The Morgan fingerprint density at radius 1 is 0.960 bits per heavy atom. The molecule has 4 nitrogen and oxygen atoms in total. The van der Waals surface area contributed by atoms with Gasteiger partial charge in [0.25, 0.3) is 0 Å². The molecule has 2 aromatic rings. The van der Waals surface area contributed by atoms with E-state index in [1.165, 1.54) is 11.1 Å². The molecule has 1 fully saturated rings. The van der Waals surface area contributed by atoms with Gasteiger partial charge in [-0.15, -0.1) is 0 Å². The zero-order chi connectivity index (χ0) is 17.5. The van der Waals surface area contributed by atoms with Crippen LogP contribution in [0, 0.1) is 0 Å². The van der Waals surface area contributed by atoms with Crippen LogP contribution in [0.5, 0.6) is 0 Å². The van der Waals surface area contributed by atoms with Crippen LogP contribution in [0.3, 0.4) is 0 Å². The number of carbonyl (C=O) groups is 1. The van der Waals surface area contributed by atoms with Gasteiger partial charge in [-0.2, -0.15) is 0 Å². The predicted molar refractivity (Wildman–Crippen MR) is 99.0 cm³/mol. The molecule has 0 radical (unpaired) electrons. The molecule has 0 aliphatic carbocycles. The smallest absolute Gasteiger partial charge is 0.326 e. The first kappa shape index (κ1) is 17.6. The highest BCUT2D eigenvalue weighted by Crippen LogP contribution is 2.22.